The third-order valence-electron chi connectivity index (χ3n) is 3.53. The summed E-state index contributed by atoms with van der Waals surface area (Å²) >= 11 is 3.38. The SMILES string of the molecule is CCn1cc(Br)cc1C(=O)NC(C)c1ccc(OCC(=O)O)cc1. The van der Waals surface area contributed by atoms with E-state index in [2.05, 4.69) is 21.2 Å². The highest BCUT2D eigenvalue weighted by Crippen LogP contribution is 2.19. The number of hydrogen-bond donors (Lipinski definition) is 2. The first-order valence-electron chi connectivity index (χ1n) is 7.51. The van der Waals surface area contributed by atoms with Crippen molar-refractivity contribution < 1.29 is 19.4 Å². The number of benzene rings is 1. The van der Waals surface area contributed by atoms with Crippen molar-refractivity contribution in [3.05, 3.63) is 52.3 Å². The third kappa shape index (κ3) is 4.61. The van der Waals surface area contributed by atoms with E-state index in [1.54, 1.807) is 30.3 Å². The van der Waals surface area contributed by atoms with Crippen LogP contribution in [0.25, 0.3) is 0 Å². The Labute approximate surface area is 148 Å². The molecule has 0 aliphatic rings. The highest BCUT2D eigenvalue weighted by molar-refractivity contribution is 9.10. The second kappa shape index (κ2) is 8.01. The van der Waals surface area contributed by atoms with Gasteiger partial charge in [0.25, 0.3) is 5.91 Å². The summed E-state index contributed by atoms with van der Waals surface area (Å²) in [5.41, 5.74) is 1.50. The van der Waals surface area contributed by atoms with Gasteiger partial charge in [-0.2, -0.15) is 0 Å². The molecule has 7 heteroatoms. The lowest BCUT2D eigenvalue weighted by Crippen LogP contribution is -2.28. The summed E-state index contributed by atoms with van der Waals surface area (Å²) in [5, 5.41) is 11.5. The number of aliphatic carboxylic acids is 1. The Balaban J connectivity index is 2.02. The smallest absolute Gasteiger partial charge is 0.341 e. The molecule has 1 aromatic carbocycles. The Hall–Kier alpha value is -2.28. The van der Waals surface area contributed by atoms with E-state index in [4.69, 9.17) is 9.84 Å². The molecule has 128 valence electrons. The summed E-state index contributed by atoms with van der Waals surface area (Å²) in [4.78, 5) is 22.9. The molecule has 0 radical (unpaired) electrons. The van der Waals surface area contributed by atoms with Gasteiger partial charge in [0.1, 0.15) is 11.4 Å². The van der Waals surface area contributed by atoms with Gasteiger partial charge in [0.2, 0.25) is 0 Å². The van der Waals surface area contributed by atoms with Crippen LogP contribution in [-0.2, 0) is 11.3 Å². The van der Waals surface area contributed by atoms with Gasteiger partial charge in [-0.05, 0) is 53.5 Å². The van der Waals surface area contributed by atoms with Gasteiger partial charge in [-0.1, -0.05) is 12.1 Å². The monoisotopic (exact) mass is 394 g/mol. The minimum atomic E-state index is -1.02. The van der Waals surface area contributed by atoms with Gasteiger partial charge in [-0.15, -0.1) is 0 Å². The standard InChI is InChI=1S/C17H19BrN2O4/c1-3-20-9-13(18)8-15(20)17(23)19-11(2)12-4-6-14(7-5-12)24-10-16(21)22/h4-9,11H,3,10H2,1-2H3,(H,19,23)(H,21,22). The van der Waals surface area contributed by atoms with Crippen LogP contribution >= 0.6 is 15.9 Å². The Morgan fingerprint density at radius 1 is 1.33 bits per heavy atom. The van der Waals surface area contributed by atoms with Crippen LogP contribution in [0.4, 0.5) is 0 Å². The van der Waals surface area contributed by atoms with Crippen LogP contribution < -0.4 is 10.1 Å². The molecule has 2 N–H and O–H groups in total. The Morgan fingerprint density at radius 2 is 2.00 bits per heavy atom. The molecule has 6 nitrogen and oxygen atoms in total. The Bertz CT molecular complexity index is 725. The van der Waals surface area contributed by atoms with Gasteiger partial charge in [0.15, 0.2) is 6.61 Å². The number of carboxylic acid groups (broad SMARTS) is 1. The molecule has 0 bridgehead atoms. The average Bonchev–Trinajstić information content (AvgIpc) is 2.94. The molecule has 0 saturated carbocycles. The number of carboxylic acids is 1. The van der Waals surface area contributed by atoms with E-state index in [1.165, 1.54) is 0 Å². The van der Waals surface area contributed by atoms with E-state index in [0.717, 1.165) is 10.0 Å². The molecule has 0 fully saturated rings. The molecule has 1 unspecified atom stereocenters. The van der Waals surface area contributed by atoms with E-state index in [9.17, 15) is 9.59 Å². The molecule has 0 saturated heterocycles. The summed E-state index contributed by atoms with van der Waals surface area (Å²) in [7, 11) is 0. The first-order chi connectivity index (χ1) is 11.4. The summed E-state index contributed by atoms with van der Waals surface area (Å²) in [6.45, 7) is 4.19. The predicted octanol–water partition coefficient (Wildman–Crippen LogP) is 3.22. The molecule has 24 heavy (non-hydrogen) atoms. The van der Waals surface area contributed by atoms with Gasteiger partial charge >= 0.3 is 5.97 Å². The van der Waals surface area contributed by atoms with Crippen molar-refractivity contribution in [1.29, 1.82) is 0 Å². The Morgan fingerprint density at radius 3 is 2.58 bits per heavy atom. The maximum absolute atomic E-state index is 12.4. The van der Waals surface area contributed by atoms with Gasteiger partial charge in [0.05, 0.1) is 6.04 Å². The molecule has 0 spiro atoms. The van der Waals surface area contributed by atoms with Crippen LogP contribution in [0.5, 0.6) is 5.75 Å². The van der Waals surface area contributed by atoms with Crippen LogP contribution in [0.2, 0.25) is 0 Å². The molecule has 1 heterocycles. The number of amides is 1. The zero-order chi connectivity index (χ0) is 17.7. The van der Waals surface area contributed by atoms with Crippen molar-refractivity contribution in [1.82, 2.24) is 9.88 Å². The maximum atomic E-state index is 12.4. The summed E-state index contributed by atoms with van der Waals surface area (Å²) < 4.78 is 7.82. The molecule has 0 aliphatic carbocycles. The number of aryl methyl sites for hydroxylation is 1. The number of nitrogens with one attached hydrogen (secondary N) is 1. The summed E-state index contributed by atoms with van der Waals surface area (Å²) in [6, 6.07) is 8.57. The molecule has 2 rings (SSSR count). The third-order valence-corrected chi connectivity index (χ3v) is 3.96. The fraction of sp³-hybridized carbons (Fsp3) is 0.294. The molecule has 2 aromatic rings. The van der Waals surface area contributed by atoms with Gasteiger partial charge in [-0.3, -0.25) is 4.79 Å². The number of hydrogen-bond acceptors (Lipinski definition) is 3. The number of ether oxygens (including phenoxy) is 1. The summed E-state index contributed by atoms with van der Waals surface area (Å²) in [5.74, 6) is -0.700. The number of halogens is 1. The minimum Gasteiger partial charge on any atom is -0.482 e. The summed E-state index contributed by atoms with van der Waals surface area (Å²) in [6.07, 6.45) is 1.87. The van der Waals surface area contributed by atoms with Crippen LogP contribution in [0, 0.1) is 0 Å². The fourth-order valence-electron chi connectivity index (χ4n) is 2.28. The van der Waals surface area contributed by atoms with Crippen molar-refractivity contribution >= 4 is 27.8 Å². The second-order valence-corrected chi connectivity index (χ2v) is 6.19. The number of carbonyl (C=O) groups is 2. The van der Waals surface area contributed by atoms with Crippen LogP contribution in [0.15, 0.2) is 41.0 Å². The molecule has 1 aromatic heterocycles. The van der Waals surface area contributed by atoms with Gasteiger partial charge in [-0.25, -0.2) is 4.79 Å². The van der Waals surface area contributed by atoms with E-state index in [0.29, 0.717) is 18.0 Å². The fourth-order valence-corrected chi connectivity index (χ4v) is 2.74. The highest BCUT2D eigenvalue weighted by atomic mass is 79.9. The highest BCUT2D eigenvalue weighted by Gasteiger charge is 2.15. The first kappa shape index (κ1) is 18.1. The molecular weight excluding hydrogens is 376 g/mol. The van der Waals surface area contributed by atoms with E-state index in [-0.39, 0.29) is 18.6 Å². The van der Waals surface area contributed by atoms with Gasteiger partial charge in [0, 0.05) is 17.2 Å². The van der Waals surface area contributed by atoms with Crippen molar-refractivity contribution in [2.24, 2.45) is 0 Å². The number of nitrogens with zero attached hydrogens (tertiary/aromatic N) is 1. The first-order valence-corrected chi connectivity index (χ1v) is 8.31. The maximum Gasteiger partial charge on any atom is 0.341 e. The zero-order valence-electron chi connectivity index (χ0n) is 13.5. The van der Waals surface area contributed by atoms with E-state index >= 15 is 0 Å². The van der Waals surface area contributed by atoms with Crippen molar-refractivity contribution in [3.63, 3.8) is 0 Å². The largest absolute Gasteiger partial charge is 0.482 e. The molecule has 1 amide bonds. The van der Waals surface area contributed by atoms with Gasteiger partial charge < -0.3 is 19.7 Å². The molecule has 0 aliphatic heterocycles. The second-order valence-electron chi connectivity index (χ2n) is 5.28. The van der Waals surface area contributed by atoms with Crippen molar-refractivity contribution in [3.8, 4) is 5.75 Å². The number of rotatable bonds is 7. The van der Waals surface area contributed by atoms with Crippen molar-refractivity contribution in [2.75, 3.05) is 6.61 Å². The minimum absolute atomic E-state index is 0.152. The van der Waals surface area contributed by atoms with E-state index < -0.39 is 5.97 Å². The van der Waals surface area contributed by atoms with E-state index in [1.807, 2.05) is 24.6 Å². The predicted molar refractivity (Wildman–Crippen MR) is 93.3 cm³/mol. The normalized spacial score (nSPS) is 11.8. The molecule has 1 atom stereocenters. The van der Waals surface area contributed by atoms with Crippen LogP contribution in [0.3, 0.4) is 0 Å². The van der Waals surface area contributed by atoms with Crippen molar-refractivity contribution in [2.45, 2.75) is 26.4 Å². The average molecular weight is 395 g/mol. The molecular formula is C17H19BrN2O4. The lowest BCUT2D eigenvalue weighted by atomic mass is 10.1. The lowest BCUT2D eigenvalue weighted by Gasteiger charge is -2.15. The lowest BCUT2D eigenvalue weighted by molar-refractivity contribution is -0.139. The topological polar surface area (TPSA) is 80.6 Å². The number of aromatic nitrogens is 1. The van der Waals surface area contributed by atoms with Crippen LogP contribution in [-0.4, -0.2) is 28.2 Å². The Kier molecular flexibility index (Phi) is 6.03. The van der Waals surface area contributed by atoms with Crippen LogP contribution in [0.1, 0.15) is 35.9 Å². The quantitative estimate of drug-likeness (QED) is 0.755. The number of carbonyl (C=O) groups excluding carboxylic acids is 1. The zero-order valence-corrected chi connectivity index (χ0v) is 15.0.